The third-order valence-corrected chi connectivity index (χ3v) is 5.62. The summed E-state index contributed by atoms with van der Waals surface area (Å²) in [4.78, 5) is 31.8. The average Bonchev–Trinajstić information content (AvgIpc) is 3.35. The molecule has 1 atom stereocenters. The Morgan fingerprint density at radius 3 is 2.47 bits per heavy atom. The minimum Gasteiger partial charge on any atom is -0.395 e. The summed E-state index contributed by atoms with van der Waals surface area (Å²) in [6.45, 7) is 7.55. The number of fused-ring (bicyclic) bond motifs is 2. The second kappa shape index (κ2) is 9.26. The van der Waals surface area contributed by atoms with Crippen LogP contribution in [0.15, 0.2) is 42.9 Å². The lowest BCUT2D eigenvalue weighted by molar-refractivity contribution is -0.286. The molecule has 3 heterocycles. The maximum absolute atomic E-state index is 13.2. The molecule has 0 saturated heterocycles. The van der Waals surface area contributed by atoms with E-state index in [1.807, 2.05) is 20.8 Å². The fourth-order valence-corrected chi connectivity index (χ4v) is 3.97. The highest BCUT2D eigenvalue weighted by atomic mass is 19.3. The van der Waals surface area contributed by atoms with Gasteiger partial charge < -0.3 is 24.5 Å². The molecule has 34 heavy (non-hydrogen) atoms. The third kappa shape index (κ3) is 4.65. The number of nitrogens with one attached hydrogen (secondary N) is 2. The number of aromatic nitrogens is 2. The largest absolute Gasteiger partial charge is 0.586 e. The number of pyridine rings is 1. The van der Waals surface area contributed by atoms with E-state index >= 15 is 0 Å². The summed E-state index contributed by atoms with van der Waals surface area (Å²) in [6.07, 6.45) is 0.0831. The van der Waals surface area contributed by atoms with Gasteiger partial charge in [0.15, 0.2) is 17.2 Å². The number of likely N-dealkylation sites (N-methyl/N-ethyl adjacent to an activating group) is 1. The summed E-state index contributed by atoms with van der Waals surface area (Å²) in [5.74, 6) is -0.918. The highest BCUT2D eigenvalue weighted by Gasteiger charge is 2.43. The zero-order valence-corrected chi connectivity index (χ0v) is 19.0. The van der Waals surface area contributed by atoms with Crippen molar-refractivity contribution < 1.29 is 27.8 Å². The molecule has 11 heteroatoms. The van der Waals surface area contributed by atoms with E-state index in [-0.39, 0.29) is 34.8 Å². The van der Waals surface area contributed by atoms with Gasteiger partial charge in [-0.1, -0.05) is 20.8 Å². The van der Waals surface area contributed by atoms with Crippen LogP contribution in [0.25, 0.3) is 5.52 Å². The van der Waals surface area contributed by atoms with Crippen LogP contribution in [-0.2, 0) is 4.79 Å². The van der Waals surface area contributed by atoms with E-state index in [0.717, 1.165) is 13.1 Å². The maximum Gasteiger partial charge on any atom is 0.586 e. The van der Waals surface area contributed by atoms with Crippen LogP contribution in [0.3, 0.4) is 0 Å². The molecular formula is C23H25F2N5O4. The van der Waals surface area contributed by atoms with Gasteiger partial charge in [0.2, 0.25) is 5.91 Å². The molecule has 0 fully saturated rings. The van der Waals surface area contributed by atoms with Crippen LogP contribution < -0.4 is 20.1 Å². The summed E-state index contributed by atoms with van der Waals surface area (Å²) in [7, 11) is 0. The van der Waals surface area contributed by atoms with Crippen LogP contribution in [0.4, 0.5) is 20.2 Å². The predicted octanol–water partition coefficient (Wildman–Crippen LogP) is 3.97. The van der Waals surface area contributed by atoms with Crippen molar-refractivity contribution in [2.24, 2.45) is 0 Å². The van der Waals surface area contributed by atoms with Crippen LogP contribution >= 0.6 is 0 Å². The lowest BCUT2D eigenvalue weighted by Gasteiger charge is -2.27. The third-order valence-electron chi connectivity index (χ3n) is 5.62. The first kappa shape index (κ1) is 23.4. The number of halogens is 2. The highest BCUT2D eigenvalue weighted by Crippen LogP contribution is 2.42. The number of ether oxygens (including phenoxy) is 2. The zero-order chi connectivity index (χ0) is 24.5. The molecule has 1 aliphatic heterocycles. The number of amides is 2. The highest BCUT2D eigenvalue weighted by molar-refractivity contribution is 6.07. The number of hydrogen-bond acceptors (Lipinski definition) is 6. The molecule has 1 unspecified atom stereocenters. The predicted molar refractivity (Wildman–Crippen MR) is 121 cm³/mol. The Hall–Kier alpha value is -3.73. The van der Waals surface area contributed by atoms with Crippen molar-refractivity contribution in [2.45, 2.75) is 39.5 Å². The lowest BCUT2D eigenvalue weighted by atomic mass is 10.1. The molecule has 2 N–H and O–H groups in total. The van der Waals surface area contributed by atoms with Crippen LogP contribution in [-0.4, -0.2) is 51.5 Å². The lowest BCUT2D eigenvalue weighted by Crippen LogP contribution is -2.43. The molecule has 3 aromatic rings. The number of carbonyl (C=O) groups is 2. The molecule has 0 spiro atoms. The van der Waals surface area contributed by atoms with Crippen molar-refractivity contribution >= 4 is 28.7 Å². The van der Waals surface area contributed by atoms with Gasteiger partial charge in [0.05, 0.1) is 17.2 Å². The van der Waals surface area contributed by atoms with Gasteiger partial charge in [0.25, 0.3) is 5.91 Å². The molecule has 0 aliphatic carbocycles. The Morgan fingerprint density at radius 1 is 1.06 bits per heavy atom. The second-order valence-corrected chi connectivity index (χ2v) is 7.72. The smallest absolute Gasteiger partial charge is 0.395 e. The van der Waals surface area contributed by atoms with E-state index in [9.17, 15) is 18.4 Å². The Kier molecular flexibility index (Phi) is 6.38. The molecule has 4 rings (SSSR count). The van der Waals surface area contributed by atoms with E-state index < -0.39 is 12.2 Å². The Morgan fingerprint density at radius 2 is 1.76 bits per heavy atom. The van der Waals surface area contributed by atoms with Gasteiger partial charge in [0, 0.05) is 18.0 Å². The minimum atomic E-state index is -3.74. The molecule has 0 radical (unpaired) electrons. The molecule has 9 nitrogen and oxygen atoms in total. The van der Waals surface area contributed by atoms with Crippen LogP contribution in [0.5, 0.6) is 11.5 Å². The Labute approximate surface area is 194 Å². The molecule has 2 amide bonds. The van der Waals surface area contributed by atoms with Crippen molar-refractivity contribution in [1.29, 1.82) is 0 Å². The van der Waals surface area contributed by atoms with Gasteiger partial charge in [-0.3, -0.25) is 14.5 Å². The number of benzene rings is 1. The quantitative estimate of drug-likeness (QED) is 0.514. The number of nitrogens with zero attached hydrogens (tertiary/aromatic N) is 3. The van der Waals surface area contributed by atoms with Crippen LogP contribution in [0.1, 0.15) is 37.7 Å². The summed E-state index contributed by atoms with van der Waals surface area (Å²) >= 11 is 0. The van der Waals surface area contributed by atoms with E-state index in [1.165, 1.54) is 24.5 Å². The van der Waals surface area contributed by atoms with Gasteiger partial charge >= 0.3 is 6.29 Å². The van der Waals surface area contributed by atoms with Crippen molar-refractivity contribution in [2.75, 3.05) is 23.7 Å². The number of alkyl halides is 2. The fraction of sp³-hybridized carbons (Fsp3) is 0.348. The number of carbonyl (C=O) groups excluding carboxylic acids is 2. The fourth-order valence-electron chi connectivity index (χ4n) is 3.97. The Balaban J connectivity index is 1.48. The van der Waals surface area contributed by atoms with Crippen molar-refractivity contribution in [3.8, 4) is 11.5 Å². The zero-order valence-electron chi connectivity index (χ0n) is 19.0. The van der Waals surface area contributed by atoms with Gasteiger partial charge in [0.1, 0.15) is 6.33 Å². The van der Waals surface area contributed by atoms with E-state index in [2.05, 4.69) is 30.0 Å². The van der Waals surface area contributed by atoms with Gasteiger partial charge in [-0.05, 0) is 43.8 Å². The molecule has 1 aliphatic rings. The number of rotatable bonds is 8. The van der Waals surface area contributed by atoms with Gasteiger partial charge in [-0.25, -0.2) is 4.98 Å². The summed E-state index contributed by atoms with van der Waals surface area (Å²) < 4.78 is 36.8. The standard InChI is InChI=1S/C23H25F2N5O4/c1-4-16(29(5-2)6-3)21(31)28-15-7-9-17-20(26-13-30(17)12-15)22(32)27-14-8-10-18-19(11-14)34-23(24,25)33-18/h7-13,16H,4-6H2,1-3H3,(H,27,32)(H,28,31). The first-order chi connectivity index (χ1) is 16.2. The molecule has 2 aromatic heterocycles. The molecular weight excluding hydrogens is 448 g/mol. The number of hydrogen-bond donors (Lipinski definition) is 2. The van der Waals surface area contributed by atoms with Crippen molar-refractivity contribution in [3.63, 3.8) is 0 Å². The van der Waals surface area contributed by atoms with E-state index in [1.54, 1.807) is 22.7 Å². The minimum absolute atomic E-state index is 0.1000. The maximum atomic E-state index is 13.2. The van der Waals surface area contributed by atoms with Crippen molar-refractivity contribution in [1.82, 2.24) is 14.3 Å². The van der Waals surface area contributed by atoms with Crippen LogP contribution in [0.2, 0.25) is 0 Å². The first-order valence-electron chi connectivity index (χ1n) is 11.0. The molecule has 1 aromatic carbocycles. The first-order valence-corrected chi connectivity index (χ1v) is 11.0. The molecule has 0 saturated carbocycles. The molecule has 180 valence electrons. The Bertz CT molecular complexity index is 1230. The molecule has 0 bridgehead atoms. The monoisotopic (exact) mass is 473 g/mol. The normalized spacial score (nSPS) is 14.9. The topological polar surface area (TPSA) is 97.2 Å². The summed E-state index contributed by atoms with van der Waals surface area (Å²) in [6, 6.07) is 7.09. The van der Waals surface area contributed by atoms with Gasteiger partial charge in [-0.2, -0.15) is 0 Å². The van der Waals surface area contributed by atoms with Gasteiger partial charge in [-0.15, -0.1) is 8.78 Å². The van der Waals surface area contributed by atoms with E-state index in [0.29, 0.717) is 17.6 Å². The number of anilines is 2. The summed E-state index contributed by atoms with van der Waals surface area (Å²) in [5.41, 5.74) is 1.47. The summed E-state index contributed by atoms with van der Waals surface area (Å²) in [5, 5.41) is 5.54. The number of imidazole rings is 1. The van der Waals surface area contributed by atoms with Crippen LogP contribution in [0, 0.1) is 0 Å². The van der Waals surface area contributed by atoms with Crippen molar-refractivity contribution in [3.05, 3.63) is 48.5 Å². The second-order valence-electron chi connectivity index (χ2n) is 7.72. The average molecular weight is 473 g/mol. The SMILES string of the molecule is CCC(C(=O)Nc1ccc2c(C(=O)Nc3ccc4c(c3)OC(F)(F)O4)ncn2c1)N(CC)CC. The van der Waals surface area contributed by atoms with E-state index in [4.69, 9.17) is 0 Å².